The van der Waals surface area contributed by atoms with Crippen LogP contribution >= 0.6 is 0 Å². The minimum Gasteiger partial charge on any atom is -0.480 e. The minimum absolute atomic E-state index is 0.0806. The van der Waals surface area contributed by atoms with Crippen LogP contribution in [0.2, 0.25) is 0 Å². The van der Waals surface area contributed by atoms with E-state index in [1.807, 2.05) is 0 Å². The van der Waals surface area contributed by atoms with Crippen LogP contribution in [0.3, 0.4) is 0 Å². The number of carbonyl (C=O) groups is 2. The highest BCUT2D eigenvalue weighted by molar-refractivity contribution is 5.80. The fourth-order valence-corrected chi connectivity index (χ4v) is 2.97. The van der Waals surface area contributed by atoms with Crippen LogP contribution in [-0.4, -0.2) is 40.3 Å². The molecule has 1 N–H and O–H groups in total. The molecule has 144 valence electrons. The Hall–Kier alpha value is -2.25. The fourth-order valence-electron chi connectivity index (χ4n) is 2.97. The van der Waals surface area contributed by atoms with E-state index in [4.69, 9.17) is 4.74 Å². The lowest BCUT2D eigenvalue weighted by atomic mass is 9.87. The number of halogens is 3. The Morgan fingerprint density at radius 1 is 1.12 bits per heavy atom. The molecular weight excluding hydrogens is 351 g/mol. The van der Waals surface area contributed by atoms with Gasteiger partial charge in [-0.05, 0) is 51.3 Å². The summed E-state index contributed by atoms with van der Waals surface area (Å²) in [6.45, 7) is 5.12. The average molecular weight is 373 g/mol. The molecular formula is C18H22F3NO4. The number of carboxylic acids is 1. The van der Waals surface area contributed by atoms with Crippen molar-refractivity contribution in [3.8, 4) is 0 Å². The molecule has 1 aromatic rings. The van der Waals surface area contributed by atoms with Crippen molar-refractivity contribution in [3.63, 3.8) is 0 Å². The summed E-state index contributed by atoms with van der Waals surface area (Å²) in [6, 6.07) is 3.74. The summed E-state index contributed by atoms with van der Waals surface area (Å²) < 4.78 is 43.4. The number of amides is 1. The second-order valence-corrected chi connectivity index (χ2v) is 7.38. The molecule has 8 heteroatoms. The van der Waals surface area contributed by atoms with Crippen molar-refractivity contribution in [2.75, 3.05) is 6.54 Å². The minimum atomic E-state index is -4.41. The Labute approximate surface area is 149 Å². The zero-order chi connectivity index (χ0) is 19.7. The van der Waals surface area contributed by atoms with Gasteiger partial charge in [0.05, 0.1) is 5.56 Å². The molecule has 2 atom stereocenters. The summed E-state index contributed by atoms with van der Waals surface area (Å²) in [5.41, 5.74) is -0.888. The molecule has 1 aromatic carbocycles. The van der Waals surface area contributed by atoms with E-state index in [-0.39, 0.29) is 18.9 Å². The third-order valence-corrected chi connectivity index (χ3v) is 4.20. The topological polar surface area (TPSA) is 66.8 Å². The number of carbonyl (C=O) groups excluding carboxylic acids is 1. The lowest BCUT2D eigenvalue weighted by Gasteiger charge is -2.38. The molecule has 2 unspecified atom stereocenters. The van der Waals surface area contributed by atoms with E-state index < -0.39 is 35.4 Å². The predicted octanol–water partition coefficient (Wildman–Crippen LogP) is 4.27. The number of ether oxygens (including phenoxy) is 1. The molecule has 2 rings (SSSR count). The number of nitrogens with zero attached hydrogens (tertiary/aromatic N) is 1. The second-order valence-electron chi connectivity index (χ2n) is 7.38. The maximum atomic E-state index is 12.7. The molecule has 0 radical (unpaired) electrons. The first kappa shape index (κ1) is 20.1. The van der Waals surface area contributed by atoms with Crippen molar-refractivity contribution in [2.45, 2.75) is 57.3 Å². The molecule has 26 heavy (non-hydrogen) atoms. The molecule has 5 nitrogen and oxygen atoms in total. The highest BCUT2D eigenvalue weighted by atomic mass is 19.4. The zero-order valence-corrected chi connectivity index (χ0v) is 14.8. The monoisotopic (exact) mass is 373 g/mol. The highest BCUT2D eigenvalue weighted by Crippen LogP contribution is 2.34. The van der Waals surface area contributed by atoms with E-state index in [1.165, 1.54) is 12.1 Å². The summed E-state index contributed by atoms with van der Waals surface area (Å²) in [5.74, 6) is -1.37. The Bertz CT molecular complexity index is 664. The molecule has 1 fully saturated rings. The van der Waals surface area contributed by atoms with E-state index in [9.17, 15) is 27.9 Å². The summed E-state index contributed by atoms with van der Waals surface area (Å²) in [5, 5.41) is 9.36. The Balaban J connectivity index is 2.20. The molecule has 0 spiro atoms. The van der Waals surface area contributed by atoms with Gasteiger partial charge in [-0.2, -0.15) is 13.2 Å². The Morgan fingerprint density at radius 2 is 1.69 bits per heavy atom. The largest absolute Gasteiger partial charge is 0.480 e. The highest BCUT2D eigenvalue weighted by Gasteiger charge is 2.39. The number of hydrogen-bond acceptors (Lipinski definition) is 3. The number of carboxylic acid groups (broad SMARTS) is 1. The van der Waals surface area contributed by atoms with Gasteiger partial charge >= 0.3 is 18.2 Å². The first-order valence-corrected chi connectivity index (χ1v) is 8.28. The van der Waals surface area contributed by atoms with Gasteiger partial charge in [0.2, 0.25) is 0 Å². The predicted molar refractivity (Wildman–Crippen MR) is 87.8 cm³/mol. The van der Waals surface area contributed by atoms with Crippen LogP contribution in [0.5, 0.6) is 0 Å². The van der Waals surface area contributed by atoms with Crippen molar-refractivity contribution in [3.05, 3.63) is 35.4 Å². The van der Waals surface area contributed by atoms with Gasteiger partial charge in [-0.25, -0.2) is 9.59 Å². The van der Waals surface area contributed by atoms with E-state index in [0.29, 0.717) is 12.0 Å². The SMILES string of the molecule is CC(C)(C)OC(=O)N1CC(c2ccc(C(F)(F)F)cc2)CCC1C(=O)O. The lowest BCUT2D eigenvalue weighted by molar-refractivity contribution is -0.144. The van der Waals surface area contributed by atoms with Crippen LogP contribution in [0, 0.1) is 0 Å². The van der Waals surface area contributed by atoms with Crippen LogP contribution in [0.25, 0.3) is 0 Å². The van der Waals surface area contributed by atoms with Crippen LogP contribution in [0.1, 0.15) is 50.7 Å². The van der Waals surface area contributed by atoms with Gasteiger partial charge in [-0.1, -0.05) is 12.1 Å². The third kappa shape index (κ3) is 4.89. The molecule has 0 aliphatic carbocycles. The van der Waals surface area contributed by atoms with Crippen LogP contribution in [0.15, 0.2) is 24.3 Å². The molecule has 0 saturated carbocycles. The molecule has 0 aromatic heterocycles. The molecule has 1 amide bonds. The quantitative estimate of drug-likeness (QED) is 0.841. The number of alkyl halides is 3. The van der Waals surface area contributed by atoms with E-state index in [1.54, 1.807) is 20.8 Å². The van der Waals surface area contributed by atoms with E-state index >= 15 is 0 Å². The maximum absolute atomic E-state index is 12.7. The molecule has 1 aliphatic rings. The first-order chi connectivity index (χ1) is 11.9. The van der Waals surface area contributed by atoms with Gasteiger partial charge < -0.3 is 9.84 Å². The summed E-state index contributed by atoms with van der Waals surface area (Å²) in [6.07, 6.45) is -4.48. The summed E-state index contributed by atoms with van der Waals surface area (Å²) in [4.78, 5) is 25.0. The summed E-state index contributed by atoms with van der Waals surface area (Å²) >= 11 is 0. The van der Waals surface area contributed by atoms with Gasteiger partial charge in [-0.15, -0.1) is 0 Å². The number of piperidine rings is 1. The number of benzene rings is 1. The van der Waals surface area contributed by atoms with Gasteiger partial charge in [0.1, 0.15) is 11.6 Å². The molecule has 1 aliphatic heterocycles. The molecule has 1 heterocycles. The van der Waals surface area contributed by atoms with Gasteiger partial charge in [-0.3, -0.25) is 4.90 Å². The van der Waals surface area contributed by atoms with Gasteiger partial charge in [0, 0.05) is 12.5 Å². The number of likely N-dealkylation sites (tertiary alicyclic amines) is 1. The number of hydrogen-bond donors (Lipinski definition) is 1. The standard InChI is InChI=1S/C18H22F3NO4/c1-17(2,3)26-16(25)22-10-12(6-9-14(22)15(23)24)11-4-7-13(8-5-11)18(19,20)21/h4-5,7-8,12,14H,6,9-10H2,1-3H3,(H,23,24). The Morgan fingerprint density at radius 3 is 2.15 bits per heavy atom. The van der Waals surface area contributed by atoms with Crippen molar-refractivity contribution >= 4 is 12.1 Å². The average Bonchev–Trinajstić information content (AvgIpc) is 2.52. The van der Waals surface area contributed by atoms with Crippen molar-refractivity contribution in [2.24, 2.45) is 0 Å². The number of aliphatic carboxylic acids is 1. The van der Waals surface area contributed by atoms with Gasteiger partial charge in [0.25, 0.3) is 0 Å². The number of rotatable bonds is 2. The van der Waals surface area contributed by atoms with Crippen molar-refractivity contribution in [1.82, 2.24) is 4.90 Å². The fraction of sp³-hybridized carbons (Fsp3) is 0.556. The van der Waals surface area contributed by atoms with Crippen LogP contribution in [0.4, 0.5) is 18.0 Å². The van der Waals surface area contributed by atoms with Crippen molar-refractivity contribution in [1.29, 1.82) is 0 Å². The second kappa shape index (κ2) is 7.17. The maximum Gasteiger partial charge on any atom is 0.416 e. The van der Waals surface area contributed by atoms with Crippen molar-refractivity contribution < 1.29 is 32.6 Å². The zero-order valence-electron chi connectivity index (χ0n) is 14.8. The molecule has 1 saturated heterocycles. The Kier molecular flexibility index (Phi) is 5.53. The van der Waals surface area contributed by atoms with Gasteiger partial charge in [0.15, 0.2) is 0 Å². The van der Waals surface area contributed by atoms with Crippen LogP contribution < -0.4 is 0 Å². The lowest BCUT2D eigenvalue weighted by Crippen LogP contribution is -2.51. The van der Waals surface area contributed by atoms with Crippen LogP contribution in [-0.2, 0) is 15.7 Å². The smallest absolute Gasteiger partial charge is 0.416 e. The third-order valence-electron chi connectivity index (χ3n) is 4.20. The first-order valence-electron chi connectivity index (χ1n) is 8.28. The normalized spacial score (nSPS) is 21.4. The molecule has 0 bridgehead atoms. The van der Waals surface area contributed by atoms with E-state index in [2.05, 4.69) is 0 Å². The summed E-state index contributed by atoms with van der Waals surface area (Å²) in [7, 11) is 0. The van der Waals surface area contributed by atoms with E-state index in [0.717, 1.165) is 17.0 Å².